The predicted octanol–water partition coefficient (Wildman–Crippen LogP) is 4.61. The molecule has 2 aromatic carbocycles. The Kier molecular flexibility index (Phi) is 5.25. The number of nitrogens with one attached hydrogen (secondary N) is 1. The van der Waals surface area contributed by atoms with E-state index in [1.165, 1.54) is 0 Å². The lowest BCUT2D eigenvalue weighted by molar-refractivity contribution is 0.0988. The first-order valence-corrected chi connectivity index (χ1v) is 11.1. The summed E-state index contributed by atoms with van der Waals surface area (Å²) >= 11 is 0. The Bertz CT molecular complexity index is 1350. The first-order valence-electron chi connectivity index (χ1n) is 11.1. The van der Waals surface area contributed by atoms with Crippen molar-refractivity contribution in [2.45, 2.75) is 38.8 Å². The molecule has 0 saturated heterocycles. The number of rotatable bonds is 5. The summed E-state index contributed by atoms with van der Waals surface area (Å²) in [7, 11) is 1.63. The second-order valence-electron chi connectivity index (χ2n) is 9.32. The van der Waals surface area contributed by atoms with Crippen LogP contribution in [0.5, 0.6) is 5.75 Å². The van der Waals surface area contributed by atoms with Gasteiger partial charge in [-0.15, -0.1) is 0 Å². The van der Waals surface area contributed by atoms with Crippen molar-refractivity contribution in [3.05, 3.63) is 82.8 Å². The van der Waals surface area contributed by atoms with Gasteiger partial charge in [0.25, 0.3) is 5.91 Å². The minimum absolute atomic E-state index is 0.173. The molecule has 0 aliphatic carbocycles. The third kappa shape index (κ3) is 3.47. The number of aliphatic hydroxyl groups excluding tert-OH is 1. The summed E-state index contributed by atoms with van der Waals surface area (Å²) in [6, 6.07) is 16.5. The Morgan fingerprint density at radius 2 is 1.88 bits per heavy atom. The Balaban J connectivity index is 1.63. The fourth-order valence-electron chi connectivity index (χ4n) is 4.47. The number of carbonyl (C=O) groups is 1. The molecule has 4 aromatic rings. The first-order chi connectivity index (χ1) is 16.3. The monoisotopic (exact) mass is 458 g/mol. The van der Waals surface area contributed by atoms with Crippen molar-refractivity contribution in [1.82, 2.24) is 15.4 Å². The number of para-hydroxylation sites is 1. The van der Waals surface area contributed by atoms with Crippen LogP contribution in [0, 0.1) is 0 Å². The van der Waals surface area contributed by atoms with Crippen LogP contribution in [-0.4, -0.2) is 33.5 Å². The van der Waals surface area contributed by atoms with Gasteiger partial charge in [-0.2, -0.15) is 5.10 Å². The van der Waals surface area contributed by atoms with E-state index in [0.29, 0.717) is 22.9 Å². The van der Waals surface area contributed by atoms with Gasteiger partial charge < -0.3 is 14.4 Å². The molecule has 2 aromatic heterocycles. The minimum Gasteiger partial charge on any atom is -0.496 e. The van der Waals surface area contributed by atoms with E-state index in [9.17, 15) is 9.90 Å². The van der Waals surface area contributed by atoms with E-state index in [2.05, 4.69) is 36.1 Å². The fourth-order valence-corrected chi connectivity index (χ4v) is 4.47. The number of fused-ring (bicyclic) bond motifs is 1. The van der Waals surface area contributed by atoms with Gasteiger partial charge in [0.1, 0.15) is 11.4 Å². The number of aromatic amines is 1. The minimum atomic E-state index is -0.399. The molecule has 0 saturated carbocycles. The molecule has 8 heteroatoms. The average Bonchev–Trinajstić information content (AvgIpc) is 3.55. The molecule has 174 valence electrons. The van der Waals surface area contributed by atoms with E-state index in [-0.39, 0.29) is 17.9 Å². The summed E-state index contributed by atoms with van der Waals surface area (Å²) in [5.41, 5.74) is 4.85. The van der Waals surface area contributed by atoms with Crippen LogP contribution < -0.4 is 9.64 Å². The molecule has 0 radical (unpaired) electrons. The molecule has 0 spiro atoms. The topological polar surface area (TPSA) is 104 Å². The van der Waals surface area contributed by atoms with Crippen LogP contribution in [0.3, 0.4) is 0 Å². The van der Waals surface area contributed by atoms with Crippen LogP contribution in [0.1, 0.15) is 59.8 Å². The highest BCUT2D eigenvalue weighted by Crippen LogP contribution is 2.47. The zero-order valence-electron chi connectivity index (χ0n) is 19.5. The van der Waals surface area contributed by atoms with Crippen molar-refractivity contribution in [2.24, 2.45) is 0 Å². The number of aromatic nitrogens is 3. The van der Waals surface area contributed by atoms with Gasteiger partial charge in [0.15, 0.2) is 11.5 Å². The molecular formula is C26H26N4O4. The van der Waals surface area contributed by atoms with E-state index < -0.39 is 6.04 Å². The van der Waals surface area contributed by atoms with E-state index in [1.807, 2.05) is 48.5 Å². The molecule has 1 atom stereocenters. The highest BCUT2D eigenvalue weighted by atomic mass is 16.5. The highest BCUT2D eigenvalue weighted by molar-refractivity contribution is 6.11. The molecule has 1 aliphatic heterocycles. The highest BCUT2D eigenvalue weighted by Gasteiger charge is 2.45. The largest absolute Gasteiger partial charge is 0.496 e. The third-order valence-corrected chi connectivity index (χ3v) is 6.09. The van der Waals surface area contributed by atoms with Crippen LogP contribution in [-0.2, 0) is 12.0 Å². The number of methoxy groups -OCH3 is 1. The fraction of sp³-hybridized carbons (Fsp3) is 0.269. The van der Waals surface area contributed by atoms with Crippen molar-refractivity contribution >= 4 is 11.6 Å². The molecule has 34 heavy (non-hydrogen) atoms. The number of H-pyrrole nitrogens is 1. The van der Waals surface area contributed by atoms with Gasteiger partial charge in [-0.05, 0) is 30.3 Å². The van der Waals surface area contributed by atoms with E-state index in [1.54, 1.807) is 18.1 Å². The normalized spacial score (nSPS) is 15.6. The summed E-state index contributed by atoms with van der Waals surface area (Å²) in [6.45, 7) is 6.10. The molecule has 3 heterocycles. The maximum atomic E-state index is 13.7. The number of amides is 1. The van der Waals surface area contributed by atoms with Crippen LogP contribution >= 0.6 is 0 Å². The maximum Gasteiger partial charge on any atom is 0.280 e. The van der Waals surface area contributed by atoms with E-state index >= 15 is 0 Å². The quantitative estimate of drug-likeness (QED) is 0.452. The third-order valence-electron chi connectivity index (χ3n) is 6.09. The molecule has 0 fully saturated rings. The standard InChI is InChI=1S/C26H26N4O4/c1-26(2,3)24-21-22(27-28-24)25(32)30(23(21)18-7-5-6-8-19(18)33-4)17-11-9-15(10-12-17)20-13-16(14-31)29-34-20/h5-13,23,31H,14H2,1-4H3,(H,27,28). The molecule has 0 bridgehead atoms. The lowest BCUT2D eigenvalue weighted by atomic mass is 9.85. The number of hydrogen-bond donors (Lipinski definition) is 2. The Morgan fingerprint density at radius 1 is 1.15 bits per heavy atom. The number of nitrogens with zero attached hydrogens (tertiary/aromatic N) is 3. The second-order valence-corrected chi connectivity index (χ2v) is 9.32. The van der Waals surface area contributed by atoms with Gasteiger partial charge in [-0.3, -0.25) is 14.8 Å². The maximum absolute atomic E-state index is 13.7. The number of hydrogen-bond acceptors (Lipinski definition) is 6. The Hall–Kier alpha value is -3.91. The average molecular weight is 459 g/mol. The zero-order valence-corrected chi connectivity index (χ0v) is 19.5. The lowest BCUT2D eigenvalue weighted by Gasteiger charge is -2.29. The first kappa shape index (κ1) is 21.9. The van der Waals surface area contributed by atoms with Crippen LogP contribution in [0.4, 0.5) is 5.69 Å². The second kappa shape index (κ2) is 8.14. The van der Waals surface area contributed by atoms with Crippen LogP contribution in [0.15, 0.2) is 59.1 Å². The molecule has 8 nitrogen and oxygen atoms in total. The number of benzene rings is 2. The summed E-state index contributed by atoms with van der Waals surface area (Å²) < 4.78 is 11.0. The molecule has 1 amide bonds. The zero-order chi connectivity index (χ0) is 24.0. The lowest BCUT2D eigenvalue weighted by Crippen LogP contribution is -2.30. The van der Waals surface area contributed by atoms with Crippen LogP contribution in [0.25, 0.3) is 11.3 Å². The van der Waals surface area contributed by atoms with Gasteiger partial charge >= 0.3 is 0 Å². The molecule has 5 rings (SSSR count). The van der Waals surface area contributed by atoms with Gasteiger partial charge in [0, 0.05) is 39.6 Å². The summed E-state index contributed by atoms with van der Waals surface area (Å²) in [6.07, 6.45) is 0. The van der Waals surface area contributed by atoms with Crippen LogP contribution in [0.2, 0.25) is 0 Å². The van der Waals surface area contributed by atoms with Crippen molar-refractivity contribution in [3.8, 4) is 17.1 Å². The van der Waals surface area contributed by atoms with Crippen molar-refractivity contribution in [3.63, 3.8) is 0 Å². The molecule has 1 unspecified atom stereocenters. The molecule has 2 N–H and O–H groups in total. The Morgan fingerprint density at radius 3 is 2.53 bits per heavy atom. The molecule has 1 aliphatic rings. The van der Waals surface area contributed by atoms with Gasteiger partial charge in [0.05, 0.1) is 19.8 Å². The summed E-state index contributed by atoms with van der Waals surface area (Å²) in [5.74, 6) is 1.08. The summed E-state index contributed by atoms with van der Waals surface area (Å²) in [5, 5.41) is 20.6. The number of ether oxygens (including phenoxy) is 1. The SMILES string of the molecule is COc1ccccc1C1c2c(n[nH]c2C(C)(C)C)C(=O)N1c1ccc(-c2cc(CO)no2)cc1. The number of anilines is 1. The molecular weight excluding hydrogens is 432 g/mol. The number of aliphatic hydroxyl groups is 1. The Labute approximate surface area is 197 Å². The van der Waals surface area contributed by atoms with Crippen molar-refractivity contribution in [1.29, 1.82) is 0 Å². The van der Waals surface area contributed by atoms with E-state index in [4.69, 9.17) is 9.26 Å². The summed E-state index contributed by atoms with van der Waals surface area (Å²) in [4.78, 5) is 15.4. The predicted molar refractivity (Wildman–Crippen MR) is 127 cm³/mol. The van der Waals surface area contributed by atoms with Crippen molar-refractivity contribution in [2.75, 3.05) is 12.0 Å². The van der Waals surface area contributed by atoms with Gasteiger partial charge in [0.2, 0.25) is 0 Å². The van der Waals surface area contributed by atoms with Crippen molar-refractivity contribution < 1.29 is 19.2 Å². The van der Waals surface area contributed by atoms with Gasteiger partial charge in [-0.25, -0.2) is 0 Å². The number of carbonyl (C=O) groups excluding carboxylic acids is 1. The smallest absolute Gasteiger partial charge is 0.280 e. The van der Waals surface area contributed by atoms with Gasteiger partial charge in [-0.1, -0.05) is 44.1 Å². The van der Waals surface area contributed by atoms with E-state index in [0.717, 1.165) is 28.1 Å².